The smallest absolute Gasteiger partial charge is 0.257 e. The van der Waals surface area contributed by atoms with Gasteiger partial charge in [0.15, 0.2) is 0 Å². The molecule has 1 aliphatic heterocycles. The van der Waals surface area contributed by atoms with Crippen LogP contribution in [0.2, 0.25) is 0 Å². The fraction of sp³-hybridized carbons (Fsp3) is 0.389. The van der Waals surface area contributed by atoms with Crippen LogP contribution in [0.25, 0.3) is 0 Å². The second-order valence-electron chi connectivity index (χ2n) is 6.48. The van der Waals surface area contributed by atoms with E-state index in [1.807, 2.05) is 0 Å². The summed E-state index contributed by atoms with van der Waals surface area (Å²) in [5.41, 5.74) is 1.07. The van der Waals surface area contributed by atoms with Crippen LogP contribution in [-0.4, -0.2) is 38.9 Å². The molecule has 0 aliphatic carbocycles. The van der Waals surface area contributed by atoms with Gasteiger partial charge in [0, 0.05) is 19.6 Å². The van der Waals surface area contributed by atoms with E-state index in [0.29, 0.717) is 30.8 Å². The summed E-state index contributed by atoms with van der Waals surface area (Å²) >= 11 is 0. The van der Waals surface area contributed by atoms with Gasteiger partial charge >= 0.3 is 0 Å². The number of halogens is 1. The first kappa shape index (κ1) is 18.6. The average Bonchev–Trinajstić information content (AvgIpc) is 3.16. The highest BCUT2D eigenvalue weighted by Gasteiger charge is 2.25. The molecule has 0 radical (unpaired) electrons. The molecule has 3 rings (SSSR count). The van der Waals surface area contributed by atoms with Gasteiger partial charge in [-0.05, 0) is 42.5 Å². The average molecular weight is 380 g/mol. The van der Waals surface area contributed by atoms with Gasteiger partial charge in [0.1, 0.15) is 12.1 Å². The van der Waals surface area contributed by atoms with Gasteiger partial charge in [0.25, 0.3) is 5.91 Å². The van der Waals surface area contributed by atoms with E-state index in [2.05, 4.69) is 4.72 Å². The highest BCUT2D eigenvalue weighted by molar-refractivity contribution is 7.88. The second-order valence-corrected chi connectivity index (χ2v) is 8.29. The third-order valence-electron chi connectivity index (χ3n) is 4.53. The van der Waals surface area contributed by atoms with Crippen molar-refractivity contribution < 1.29 is 22.0 Å². The molecule has 6 nitrogen and oxygen atoms in total. The van der Waals surface area contributed by atoms with Crippen molar-refractivity contribution in [3.05, 3.63) is 59.8 Å². The Morgan fingerprint density at radius 1 is 1.19 bits per heavy atom. The van der Waals surface area contributed by atoms with Crippen LogP contribution in [0.3, 0.4) is 0 Å². The van der Waals surface area contributed by atoms with Crippen LogP contribution < -0.4 is 4.72 Å². The van der Waals surface area contributed by atoms with E-state index >= 15 is 0 Å². The maximum Gasteiger partial charge on any atom is 0.257 e. The van der Waals surface area contributed by atoms with E-state index < -0.39 is 15.8 Å². The van der Waals surface area contributed by atoms with Crippen LogP contribution in [0.5, 0.6) is 0 Å². The van der Waals surface area contributed by atoms with E-state index in [4.69, 9.17) is 4.42 Å². The van der Waals surface area contributed by atoms with Crippen LogP contribution in [0.15, 0.2) is 47.3 Å². The van der Waals surface area contributed by atoms with Crippen molar-refractivity contribution in [3.8, 4) is 0 Å². The van der Waals surface area contributed by atoms with Gasteiger partial charge in [-0.3, -0.25) is 4.79 Å². The number of hydrogen-bond acceptors (Lipinski definition) is 4. The zero-order chi connectivity index (χ0) is 18.6. The number of nitrogens with one attached hydrogen (secondary N) is 1. The molecule has 1 aromatic heterocycles. The van der Waals surface area contributed by atoms with Crippen LogP contribution >= 0.6 is 0 Å². The molecule has 8 heteroatoms. The topological polar surface area (TPSA) is 79.6 Å². The summed E-state index contributed by atoms with van der Waals surface area (Å²) in [6, 6.07) is 7.07. The minimum Gasteiger partial charge on any atom is -0.472 e. The van der Waals surface area contributed by atoms with Gasteiger partial charge in [-0.2, -0.15) is 0 Å². The summed E-state index contributed by atoms with van der Waals surface area (Å²) in [6.07, 6.45) is 4.37. The number of rotatable bonds is 6. The number of furan rings is 1. The maximum atomic E-state index is 12.9. The number of benzene rings is 1. The molecule has 140 valence electrons. The zero-order valence-electron chi connectivity index (χ0n) is 14.2. The number of nitrogens with zero attached hydrogens (tertiary/aromatic N) is 1. The minimum atomic E-state index is -3.48. The van der Waals surface area contributed by atoms with E-state index in [1.54, 1.807) is 11.0 Å². The first-order chi connectivity index (χ1) is 12.4. The normalized spacial score (nSPS) is 16.0. The molecule has 1 aliphatic rings. The number of amides is 1. The predicted octanol–water partition coefficient (Wildman–Crippen LogP) is 2.39. The minimum absolute atomic E-state index is 0.0610. The van der Waals surface area contributed by atoms with Gasteiger partial charge in [0.05, 0.1) is 17.6 Å². The van der Waals surface area contributed by atoms with Crippen molar-refractivity contribution in [3.63, 3.8) is 0 Å². The van der Waals surface area contributed by atoms with Crippen LogP contribution in [0, 0.1) is 11.7 Å². The van der Waals surface area contributed by atoms with E-state index in [1.165, 1.54) is 36.8 Å². The Hall–Kier alpha value is -2.19. The van der Waals surface area contributed by atoms with Gasteiger partial charge in [-0.25, -0.2) is 17.5 Å². The largest absolute Gasteiger partial charge is 0.472 e. The number of hydrogen-bond donors (Lipinski definition) is 1. The molecule has 0 unspecified atom stereocenters. The fourth-order valence-corrected chi connectivity index (χ4v) is 4.23. The van der Waals surface area contributed by atoms with Crippen LogP contribution in [-0.2, 0) is 15.8 Å². The summed E-state index contributed by atoms with van der Waals surface area (Å²) in [6.45, 7) is 1.53. The van der Waals surface area contributed by atoms with Crippen molar-refractivity contribution in [1.29, 1.82) is 0 Å². The molecular weight excluding hydrogens is 359 g/mol. The molecule has 0 saturated carbocycles. The lowest BCUT2D eigenvalue weighted by atomic mass is 9.97. The van der Waals surface area contributed by atoms with Crippen LogP contribution in [0.1, 0.15) is 28.8 Å². The number of piperidine rings is 1. The third-order valence-corrected chi connectivity index (χ3v) is 5.85. The molecule has 1 N–H and O–H groups in total. The molecule has 1 aromatic carbocycles. The Balaban J connectivity index is 1.45. The number of likely N-dealkylation sites (tertiary alicyclic amines) is 1. The Kier molecular flexibility index (Phi) is 5.73. The monoisotopic (exact) mass is 380 g/mol. The highest BCUT2D eigenvalue weighted by atomic mass is 32.2. The van der Waals surface area contributed by atoms with Crippen molar-refractivity contribution in [2.24, 2.45) is 5.92 Å². The first-order valence-corrected chi connectivity index (χ1v) is 10.1. The summed E-state index contributed by atoms with van der Waals surface area (Å²) in [4.78, 5) is 14.0. The quantitative estimate of drug-likeness (QED) is 0.835. The Morgan fingerprint density at radius 2 is 1.88 bits per heavy atom. The molecule has 0 atom stereocenters. The lowest BCUT2D eigenvalue weighted by Gasteiger charge is -2.31. The molecule has 1 amide bonds. The summed E-state index contributed by atoms with van der Waals surface area (Å²) < 4.78 is 44.8. The van der Waals surface area contributed by atoms with Gasteiger partial charge in [-0.1, -0.05) is 12.1 Å². The van der Waals surface area contributed by atoms with Gasteiger partial charge in [0.2, 0.25) is 10.0 Å². The van der Waals surface area contributed by atoms with E-state index in [9.17, 15) is 17.6 Å². The number of carbonyl (C=O) groups is 1. The Labute approximate surface area is 152 Å². The van der Waals surface area contributed by atoms with Gasteiger partial charge < -0.3 is 9.32 Å². The van der Waals surface area contributed by atoms with Crippen molar-refractivity contribution in [1.82, 2.24) is 9.62 Å². The second kappa shape index (κ2) is 8.01. The maximum absolute atomic E-state index is 12.9. The molecule has 2 heterocycles. The Bertz CT molecular complexity index is 827. The lowest BCUT2D eigenvalue weighted by Crippen LogP contribution is -2.41. The van der Waals surface area contributed by atoms with Crippen molar-refractivity contribution >= 4 is 15.9 Å². The summed E-state index contributed by atoms with van der Waals surface area (Å²) in [5, 5.41) is 0. The summed E-state index contributed by atoms with van der Waals surface area (Å²) in [5.74, 6) is -0.443. The standard InChI is InChI=1S/C18H21FN2O4S/c19-17-3-1-15(2-4-17)13-26(23,24)20-11-14-5-8-21(9-6-14)18(22)16-7-10-25-12-16/h1-4,7,10,12,14,20H,5-6,8-9,11,13H2. The SMILES string of the molecule is O=C(c1ccoc1)N1CCC(CNS(=O)(=O)Cc2ccc(F)cc2)CC1. The molecule has 1 fully saturated rings. The highest BCUT2D eigenvalue weighted by Crippen LogP contribution is 2.19. The lowest BCUT2D eigenvalue weighted by molar-refractivity contribution is 0.0691. The van der Waals surface area contributed by atoms with E-state index in [-0.39, 0.29) is 17.6 Å². The molecule has 1 saturated heterocycles. The van der Waals surface area contributed by atoms with Crippen molar-refractivity contribution in [2.45, 2.75) is 18.6 Å². The molecule has 2 aromatic rings. The first-order valence-electron chi connectivity index (χ1n) is 8.46. The van der Waals surface area contributed by atoms with Crippen molar-refractivity contribution in [2.75, 3.05) is 19.6 Å². The molecular formula is C18H21FN2O4S. The van der Waals surface area contributed by atoms with Crippen LogP contribution in [0.4, 0.5) is 4.39 Å². The number of sulfonamides is 1. The third kappa shape index (κ3) is 4.92. The zero-order valence-corrected chi connectivity index (χ0v) is 15.0. The molecule has 26 heavy (non-hydrogen) atoms. The molecule has 0 spiro atoms. The Morgan fingerprint density at radius 3 is 2.50 bits per heavy atom. The predicted molar refractivity (Wildman–Crippen MR) is 94.4 cm³/mol. The van der Waals surface area contributed by atoms with Gasteiger partial charge in [-0.15, -0.1) is 0 Å². The molecule has 0 bridgehead atoms. The fourth-order valence-electron chi connectivity index (χ4n) is 3.00. The number of carbonyl (C=O) groups excluding carboxylic acids is 1. The summed E-state index contributed by atoms with van der Waals surface area (Å²) in [7, 11) is -3.48. The van der Waals surface area contributed by atoms with E-state index in [0.717, 1.165) is 12.8 Å².